The monoisotopic (exact) mass is 308 g/mol. The van der Waals surface area contributed by atoms with Gasteiger partial charge in [0.05, 0.1) is 12.7 Å². The first-order valence-electron chi connectivity index (χ1n) is 7.38. The Hall–Kier alpha value is -1.40. The van der Waals surface area contributed by atoms with Crippen molar-refractivity contribution in [3.63, 3.8) is 0 Å². The summed E-state index contributed by atoms with van der Waals surface area (Å²) >= 11 is 1.50. The molecule has 1 aromatic rings. The van der Waals surface area contributed by atoms with Crippen LogP contribution in [0.25, 0.3) is 0 Å². The average Bonchev–Trinajstić information content (AvgIpc) is 3.12. The van der Waals surface area contributed by atoms with Crippen LogP contribution in [-0.4, -0.2) is 25.0 Å². The van der Waals surface area contributed by atoms with Crippen LogP contribution in [0.4, 0.5) is 5.00 Å². The number of aryl methyl sites for hydroxylation is 1. The largest absolute Gasteiger partial charge is 0.465 e. The van der Waals surface area contributed by atoms with Crippen molar-refractivity contribution in [2.45, 2.75) is 44.6 Å². The Morgan fingerprint density at radius 1 is 1.43 bits per heavy atom. The van der Waals surface area contributed by atoms with Crippen molar-refractivity contribution in [3.05, 3.63) is 16.0 Å². The maximum Gasteiger partial charge on any atom is 0.341 e. The minimum absolute atomic E-state index is 0.0709. The van der Waals surface area contributed by atoms with Crippen LogP contribution < -0.4 is 11.1 Å². The number of anilines is 1. The highest BCUT2D eigenvalue weighted by Gasteiger charge is 2.31. The molecule has 0 aromatic carbocycles. The quantitative estimate of drug-likeness (QED) is 0.816. The number of thiophene rings is 1. The fourth-order valence-electron chi connectivity index (χ4n) is 2.89. The van der Waals surface area contributed by atoms with E-state index in [0.717, 1.165) is 37.7 Å². The van der Waals surface area contributed by atoms with E-state index in [9.17, 15) is 9.59 Å². The third kappa shape index (κ3) is 2.96. The van der Waals surface area contributed by atoms with Gasteiger partial charge < -0.3 is 15.8 Å². The molecule has 1 atom stereocenters. The summed E-state index contributed by atoms with van der Waals surface area (Å²) in [6.45, 7) is 0. The number of ether oxygens (including phenoxy) is 1. The smallest absolute Gasteiger partial charge is 0.341 e. The topological polar surface area (TPSA) is 81.4 Å². The Labute approximate surface area is 127 Å². The first-order valence-corrected chi connectivity index (χ1v) is 8.20. The summed E-state index contributed by atoms with van der Waals surface area (Å²) in [7, 11) is 1.37. The first-order chi connectivity index (χ1) is 10.1. The van der Waals surface area contributed by atoms with E-state index in [-0.39, 0.29) is 17.9 Å². The van der Waals surface area contributed by atoms with Crippen molar-refractivity contribution in [1.29, 1.82) is 0 Å². The molecule has 21 heavy (non-hydrogen) atoms. The minimum Gasteiger partial charge on any atom is -0.465 e. The third-order valence-corrected chi connectivity index (χ3v) is 5.42. The molecule has 6 heteroatoms. The molecule has 0 radical (unpaired) electrons. The van der Waals surface area contributed by atoms with Crippen molar-refractivity contribution in [2.75, 3.05) is 12.4 Å². The molecule has 2 aliphatic carbocycles. The molecule has 1 unspecified atom stereocenters. The predicted octanol–water partition coefficient (Wildman–Crippen LogP) is 2.09. The zero-order valence-corrected chi connectivity index (χ0v) is 12.9. The number of carbonyl (C=O) groups excluding carboxylic acids is 2. The summed E-state index contributed by atoms with van der Waals surface area (Å²) in [6.07, 6.45) is 5.47. The van der Waals surface area contributed by atoms with E-state index in [1.54, 1.807) is 0 Å². The molecule has 1 saturated carbocycles. The van der Waals surface area contributed by atoms with E-state index >= 15 is 0 Å². The van der Waals surface area contributed by atoms with Crippen molar-refractivity contribution in [3.8, 4) is 0 Å². The van der Waals surface area contributed by atoms with Gasteiger partial charge in [-0.25, -0.2) is 4.79 Å². The van der Waals surface area contributed by atoms with Gasteiger partial charge in [-0.3, -0.25) is 4.79 Å². The summed E-state index contributed by atoms with van der Waals surface area (Å²) in [5.41, 5.74) is 7.58. The molecular formula is C15H20N2O3S. The van der Waals surface area contributed by atoms with Crippen molar-refractivity contribution in [1.82, 2.24) is 0 Å². The van der Waals surface area contributed by atoms with Crippen LogP contribution in [0, 0.1) is 5.92 Å². The van der Waals surface area contributed by atoms with Gasteiger partial charge in [0.15, 0.2) is 0 Å². The molecule has 5 nitrogen and oxygen atoms in total. The molecule has 2 aliphatic rings. The predicted molar refractivity (Wildman–Crippen MR) is 81.6 cm³/mol. The summed E-state index contributed by atoms with van der Waals surface area (Å²) < 4.78 is 4.86. The second-order valence-electron chi connectivity index (χ2n) is 5.81. The maximum absolute atomic E-state index is 12.1. The summed E-state index contributed by atoms with van der Waals surface area (Å²) in [6, 6.07) is -0.0709. The number of esters is 1. The van der Waals surface area contributed by atoms with Crippen LogP contribution >= 0.6 is 11.3 Å². The number of hydrogen-bond acceptors (Lipinski definition) is 5. The van der Waals surface area contributed by atoms with Crippen LogP contribution in [0.2, 0.25) is 0 Å². The van der Waals surface area contributed by atoms with Gasteiger partial charge in [0.2, 0.25) is 5.91 Å². The highest BCUT2D eigenvalue weighted by atomic mass is 32.1. The number of hydrogen-bond donors (Lipinski definition) is 2. The van der Waals surface area contributed by atoms with Crippen LogP contribution in [0.3, 0.4) is 0 Å². The second-order valence-corrected chi connectivity index (χ2v) is 6.91. The number of methoxy groups -OCH3 is 1. The maximum atomic E-state index is 12.1. The van der Waals surface area contributed by atoms with Gasteiger partial charge in [-0.1, -0.05) is 0 Å². The van der Waals surface area contributed by atoms with E-state index in [1.807, 2.05) is 0 Å². The van der Waals surface area contributed by atoms with E-state index in [0.29, 0.717) is 22.9 Å². The lowest BCUT2D eigenvalue weighted by molar-refractivity contribution is -0.116. The zero-order valence-electron chi connectivity index (χ0n) is 12.1. The molecule has 0 bridgehead atoms. The highest BCUT2D eigenvalue weighted by molar-refractivity contribution is 7.17. The molecule has 1 amide bonds. The van der Waals surface area contributed by atoms with E-state index in [4.69, 9.17) is 10.5 Å². The first kappa shape index (κ1) is 14.5. The SMILES string of the molecule is COC(=O)c1c(NC(=O)CC(N)C2CC2)sc2c1CCC2. The Bertz CT molecular complexity index is 578. The summed E-state index contributed by atoms with van der Waals surface area (Å²) in [4.78, 5) is 25.3. The van der Waals surface area contributed by atoms with Gasteiger partial charge >= 0.3 is 5.97 Å². The van der Waals surface area contributed by atoms with E-state index in [2.05, 4.69) is 5.32 Å². The summed E-state index contributed by atoms with van der Waals surface area (Å²) in [5, 5.41) is 3.49. The number of carbonyl (C=O) groups is 2. The van der Waals surface area contributed by atoms with Crippen molar-refractivity contribution < 1.29 is 14.3 Å². The van der Waals surface area contributed by atoms with Gasteiger partial charge in [0.25, 0.3) is 0 Å². The molecule has 114 valence electrons. The standard InChI is InChI=1S/C15H20N2O3S/c1-20-15(19)13-9-3-2-4-11(9)21-14(13)17-12(18)7-10(16)8-5-6-8/h8,10H,2-7,16H2,1H3,(H,17,18). The number of nitrogens with one attached hydrogen (secondary N) is 1. The number of fused-ring (bicyclic) bond motifs is 1. The second kappa shape index (κ2) is 5.77. The molecule has 1 aromatic heterocycles. The van der Waals surface area contributed by atoms with Gasteiger partial charge in [0.1, 0.15) is 5.00 Å². The Balaban J connectivity index is 1.75. The van der Waals surface area contributed by atoms with Crippen LogP contribution in [0.15, 0.2) is 0 Å². The van der Waals surface area contributed by atoms with Gasteiger partial charge in [0, 0.05) is 17.3 Å². The fraction of sp³-hybridized carbons (Fsp3) is 0.600. The van der Waals surface area contributed by atoms with Crippen LogP contribution in [-0.2, 0) is 22.4 Å². The zero-order chi connectivity index (χ0) is 15.0. The van der Waals surface area contributed by atoms with Crippen LogP contribution in [0.1, 0.15) is 46.5 Å². The lowest BCUT2D eigenvalue weighted by Gasteiger charge is -2.11. The van der Waals surface area contributed by atoms with Gasteiger partial charge in [-0.2, -0.15) is 0 Å². The average molecular weight is 308 g/mol. The molecule has 1 fully saturated rings. The number of amides is 1. The van der Waals surface area contributed by atoms with E-state index in [1.165, 1.54) is 23.3 Å². The number of rotatable bonds is 5. The lowest BCUT2D eigenvalue weighted by atomic mass is 10.1. The fourth-order valence-corrected chi connectivity index (χ4v) is 4.19. The molecule has 3 rings (SSSR count). The highest BCUT2D eigenvalue weighted by Crippen LogP contribution is 2.39. The normalized spacial score (nSPS) is 18.2. The van der Waals surface area contributed by atoms with Gasteiger partial charge in [-0.15, -0.1) is 11.3 Å². The van der Waals surface area contributed by atoms with Gasteiger partial charge in [-0.05, 0) is 43.6 Å². The molecule has 3 N–H and O–H groups in total. The van der Waals surface area contributed by atoms with E-state index < -0.39 is 0 Å². The van der Waals surface area contributed by atoms with Crippen molar-refractivity contribution in [2.24, 2.45) is 11.7 Å². The number of nitrogens with two attached hydrogens (primary N) is 1. The summed E-state index contributed by atoms with van der Waals surface area (Å²) in [5.74, 6) is 0.0137. The molecule has 0 saturated heterocycles. The van der Waals surface area contributed by atoms with Crippen LogP contribution in [0.5, 0.6) is 0 Å². The minimum atomic E-state index is -0.365. The third-order valence-electron chi connectivity index (χ3n) is 4.21. The molecular weight excluding hydrogens is 288 g/mol. The molecule has 0 aliphatic heterocycles. The lowest BCUT2D eigenvalue weighted by Crippen LogP contribution is -2.29. The van der Waals surface area contributed by atoms with Crippen molar-refractivity contribution >= 4 is 28.2 Å². The Morgan fingerprint density at radius 3 is 2.86 bits per heavy atom. The Morgan fingerprint density at radius 2 is 2.19 bits per heavy atom. The molecule has 1 heterocycles. The molecule has 0 spiro atoms. The Kier molecular flexibility index (Phi) is 3.99.